The molecule has 18 heavy (non-hydrogen) atoms. The van der Waals surface area contributed by atoms with E-state index in [-0.39, 0.29) is 5.91 Å². The average molecular weight is 252 g/mol. The Morgan fingerprint density at radius 3 is 2.61 bits per heavy atom. The lowest BCUT2D eigenvalue weighted by atomic mass is 10.1. The summed E-state index contributed by atoms with van der Waals surface area (Å²) in [4.78, 5) is 14.0. The minimum absolute atomic E-state index is 0.0880. The van der Waals surface area contributed by atoms with Crippen LogP contribution < -0.4 is 10.5 Å². The first kappa shape index (κ1) is 14.5. The number of benzene rings is 1. The van der Waals surface area contributed by atoms with Gasteiger partial charge in [-0.05, 0) is 12.1 Å². The Morgan fingerprint density at radius 2 is 2.00 bits per heavy atom. The number of ether oxygens (including phenoxy) is 2. The molecule has 2 N–H and O–H groups in total. The summed E-state index contributed by atoms with van der Waals surface area (Å²) in [6.45, 7) is 1.93. The lowest BCUT2D eigenvalue weighted by Crippen LogP contribution is -2.37. The van der Waals surface area contributed by atoms with Crippen LogP contribution in [0.4, 0.5) is 0 Å². The number of carbonyl (C=O) groups excluding carboxylic acids is 1. The molecule has 0 saturated carbocycles. The van der Waals surface area contributed by atoms with E-state index in [1.807, 2.05) is 12.1 Å². The second-order valence-electron chi connectivity index (χ2n) is 3.77. The van der Waals surface area contributed by atoms with Gasteiger partial charge in [-0.15, -0.1) is 0 Å². The summed E-state index contributed by atoms with van der Waals surface area (Å²) in [6, 6.07) is 7.16. The molecule has 100 valence electrons. The quantitative estimate of drug-likeness (QED) is 0.777. The van der Waals surface area contributed by atoms with Crippen molar-refractivity contribution in [3.63, 3.8) is 0 Å². The van der Waals surface area contributed by atoms with E-state index < -0.39 is 0 Å². The highest BCUT2D eigenvalue weighted by molar-refractivity contribution is 5.96. The molecule has 0 radical (unpaired) electrons. The van der Waals surface area contributed by atoms with E-state index >= 15 is 0 Å². The third-order valence-corrected chi connectivity index (χ3v) is 2.59. The second-order valence-corrected chi connectivity index (χ2v) is 3.77. The second kappa shape index (κ2) is 7.68. The fourth-order valence-electron chi connectivity index (χ4n) is 1.66. The molecule has 0 unspecified atom stereocenters. The summed E-state index contributed by atoms with van der Waals surface area (Å²) < 4.78 is 10.2. The normalized spacial score (nSPS) is 10.2. The van der Waals surface area contributed by atoms with Crippen molar-refractivity contribution in [3.8, 4) is 5.75 Å². The van der Waals surface area contributed by atoms with Gasteiger partial charge in [0.1, 0.15) is 5.75 Å². The van der Waals surface area contributed by atoms with Crippen molar-refractivity contribution in [3.05, 3.63) is 29.8 Å². The Labute approximate surface area is 107 Å². The number of hydrogen-bond donors (Lipinski definition) is 1. The third kappa shape index (κ3) is 3.72. The van der Waals surface area contributed by atoms with E-state index in [9.17, 15) is 4.79 Å². The Kier molecular flexibility index (Phi) is 6.18. The molecular weight excluding hydrogens is 232 g/mol. The molecule has 5 heteroatoms. The lowest BCUT2D eigenvalue weighted by Gasteiger charge is -2.22. The Bertz CT molecular complexity index is 382. The molecule has 0 aromatic heterocycles. The van der Waals surface area contributed by atoms with E-state index in [0.29, 0.717) is 37.6 Å². The van der Waals surface area contributed by atoms with Crippen LogP contribution in [0.5, 0.6) is 5.75 Å². The summed E-state index contributed by atoms with van der Waals surface area (Å²) in [5.41, 5.74) is 6.07. The largest absolute Gasteiger partial charge is 0.496 e. The summed E-state index contributed by atoms with van der Waals surface area (Å²) in [5, 5.41) is 0. The SMILES string of the molecule is COCCN(CCN)C(=O)c1ccccc1OC. The standard InChI is InChI=1S/C13H20N2O3/c1-17-10-9-15(8-7-14)13(16)11-5-3-4-6-12(11)18-2/h3-6H,7-10,14H2,1-2H3. The van der Waals surface area contributed by atoms with Crippen molar-refractivity contribution in [1.82, 2.24) is 4.90 Å². The summed E-state index contributed by atoms with van der Waals surface area (Å²) in [6.07, 6.45) is 0. The number of methoxy groups -OCH3 is 2. The molecule has 0 bridgehead atoms. The van der Waals surface area contributed by atoms with Crippen molar-refractivity contribution in [2.75, 3.05) is 40.5 Å². The van der Waals surface area contributed by atoms with Crippen LogP contribution in [0, 0.1) is 0 Å². The van der Waals surface area contributed by atoms with Gasteiger partial charge in [-0.2, -0.15) is 0 Å². The first-order valence-corrected chi connectivity index (χ1v) is 5.86. The number of para-hydroxylation sites is 1. The fraction of sp³-hybridized carbons (Fsp3) is 0.462. The first-order valence-electron chi connectivity index (χ1n) is 5.86. The average Bonchev–Trinajstić information content (AvgIpc) is 2.42. The van der Waals surface area contributed by atoms with Gasteiger partial charge in [0.15, 0.2) is 0 Å². The van der Waals surface area contributed by atoms with Crippen molar-refractivity contribution in [1.29, 1.82) is 0 Å². The van der Waals surface area contributed by atoms with Crippen LogP contribution in [0.25, 0.3) is 0 Å². The van der Waals surface area contributed by atoms with Crippen LogP contribution in [0.15, 0.2) is 24.3 Å². The lowest BCUT2D eigenvalue weighted by molar-refractivity contribution is 0.0698. The zero-order valence-electron chi connectivity index (χ0n) is 10.9. The third-order valence-electron chi connectivity index (χ3n) is 2.59. The molecule has 0 fully saturated rings. The number of hydrogen-bond acceptors (Lipinski definition) is 4. The number of rotatable bonds is 7. The van der Waals surface area contributed by atoms with Gasteiger partial charge in [0.2, 0.25) is 0 Å². The minimum atomic E-state index is -0.0880. The summed E-state index contributed by atoms with van der Waals surface area (Å²) in [5.74, 6) is 0.483. The molecule has 1 rings (SSSR count). The Hall–Kier alpha value is -1.59. The zero-order valence-corrected chi connectivity index (χ0v) is 10.9. The van der Waals surface area contributed by atoms with Gasteiger partial charge in [0.25, 0.3) is 5.91 Å². The Balaban J connectivity index is 2.86. The monoisotopic (exact) mass is 252 g/mol. The predicted octanol–water partition coefficient (Wildman–Crippen LogP) is 0.743. The molecular formula is C13H20N2O3. The minimum Gasteiger partial charge on any atom is -0.496 e. The molecule has 0 aliphatic carbocycles. The molecule has 0 saturated heterocycles. The molecule has 1 aromatic rings. The number of nitrogens with zero attached hydrogens (tertiary/aromatic N) is 1. The molecule has 0 aliphatic rings. The molecule has 5 nitrogen and oxygen atoms in total. The molecule has 0 heterocycles. The van der Waals surface area contributed by atoms with E-state index in [4.69, 9.17) is 15.2 Å². The van der Waals surface area contributed by atoms with Crippen molar-refractivity contribution in [2.24, 2.45) is 5.73 Å². The first-order chi connectivity index (χ1) is 8.74. The van der Waals surface area contributed by atoms with Gasteiger partial charge in [-0.1, -0.05) is 12.1 Å². The van der Waals surface area contributed by atoms with E-state index in [1.54, 1.807) is 31.3 Å². The van der Waals surface area contributed by atoms with Crippen LogP contribution >= 0.6 is 0 Å². The molecule has 1 aromatic carbocycles. The van der Waals surface area contributed by atoms with Crippen molar-refractivity contribution >= 4 is 5.91 Å². The zero-order chi connectivity index (χ0) is 13.4. The van der Waals surface area contributed by atoms with E-state index in [0.717, 1.165) is 0 Å². The highest BCUT2D eigenvalue weighted by atomic mass is 16.5. The molecule has 0 aliphatic heterocycles. The van der Waals surface area contributed by atoms with Gasteiger partial charge in [0, 0.05) is 26.7 Å². The van der Waals surface area contributed by atoms with Crippen molar-refractivity contribution in [2.45, 2.75) is 0 Å². The van der Waals surface area contributed by atoms with E-state index in [2.05, 4.69) is 0 Å². The highest BCUT2D eigenvalue weighted by Gasteiger charge is 2.18. The van der Waals surface area contributed by atoms with Crippen LogP contribution in [0.2, 0.25) is 0 Å². The van der Waals surface area contributed by atoms with Crippen LogP contribution in [-0.4, -0.2) is 51.3 Å². The van der Waals surface area contributed by atoms with Gasteiger partial charge in [-0.25, -0.2) is 0 Å². The predicted molar refractivity (Wildman–Crippen MR) is 69.8 cm³/mol. The van der Waals surface area contributed by atoms with Gasteiger partial charge in [-0.3, -0.25) is 4.79 Å². The van der Waals surface area contributed by atoms with Crippen LogP contribution in [0.3, 0.4) is 0 Å². The Morgan fingerprint density at radius 1 is 1.28 bits per heavy atom. The highest BCUT2D eigenvalue weighted by Crippen LogP contribution is 2.19. The fourth-order valence-corrected chi connectivity index (χ4v) is 1.66. The maximum atomic E-state index is 12.4. The number of nitrogens with two attached hydrogens (primary N) is 1. The summed E-state index contributed by atoms with van der Waals surface area (Å²) in [7, 11) is 3.16. The topological polar surface area (TPSA) is 64.8 Å². The van der Waals surface area contributed by atoms with Crippen molar-refractivity contribution < 1.29 is 14.3 Å². The maximum Gasteiger partial charge on any atom is 0.257 e. The van der Waals surface area contributed by atoms with Gasteiger partial charge >= 0.3 is 0 Å². The van der Waals surface area contributed by atoms with Crippen LogP contribution in [0.1, 0.15) is 10.4 Å². The van der Waals surface area contributed by atoms with Crippen LogP contribution in [-0.2, 0) is 4.74 Å². The number of carbonyl (C=O) groups is 1. The smallest absolute Gasteiger partial charge is 0.257 e. The number of amides is 1. The van der Waals surface area contributed by atoms with Gasteiger partial charge < -0.3 is 20.1 Å². The summed E-state index contributed by atoms with van der Waals surface area (Å²) >= 11 is 0. The van der Waals surface area contributed by atoms with Gasteiger partial charge in [0.05, 0.1) is 19.3 Å². The van der Waals surface area contributed by atoms with E-state index in [1.165, 1.54) is 0 Å². The maximum absolute atomic E-state index is 12.4. The molecule has 0 atom stereocenters. The molecule has 0 spiro atoms. The molecule has 1 amide bonds.